The fraction of sp³-hybridized carbons (Fsp3) is 0.222. The summed E-state index contributed by atoms with van der Waals surface area (Å²) in [5.41, 5.74) is 2.17. The Balaban J connectivity index is 1.41. The molecule has 0 fully saturated rings. The van der Waals surface area contributed by atoms with Crippen LogP contribution in [0.15, 0.2) is 53.5 Å². The van der Waals surface area contributed by atoms with Crippen LogP contribution in [0.2, 0.25) is 0 Å². The van der Waals surface area contributed by atoms with Gasteiger partial charge in [0, 0.05) is 19.3 Å². The topological polar surface area (TPSA) is 86.2 Å². The largest absolute Gasteiger partial charge is 0.353 e. The third kappa shape index (κ3) is 2.85. The van der Waals surface area contributed by atoms with Crippen LogP contribution in [0.1, 0.15) is 5.82 Å². The number of aromatic nitrogens is 5. The number of rotatable bonds is 5. The molecule has 0 radical (unpaired) electrons. The van der Waals surface area contributed by atoms with Gasteiger partial charge in [0.25, 0.3) is 0 Å². The number of carbonyl (C=O) groups is 1. The lowest BCUT2D eigenvalue weighted by Crippen LogP contribution is -2.34. The molecule has 3 heterocycles. The van der Waals surface area contributed by atoms with Gasteiger partial charge in [-0.2, -0.15) is 0 Å². The first kappa shape index (κ1) is 16.1. The maximum Gasteiger partial charge on any atom is 0.350 e. The minimum absolute atomic E-state index is 0.107. The maximum atomic E-state index is 12.2. The van der Waals surface area contributed by atoms with Gasteiger partial charge in [-0.1, -0.05) is 18.2 Å². The molecule has 8 nitrogen and oxygen atoms in total. The molecule has 3 aromatic heterocycles. The molecular weight excluding hydrogens is 332 g/mol. The van der Waals surface area contributed by atoms with Crippen molar-refractivity contribution in [3.05, 3.63) is 65.0 Å². The molecule has 1 N–H and O–H groups in total. The molecule has 1 aromatic carbocycles. The predicted molar refractivity (Wildman–Crippen MR) is 96.9 cm³/mol. The normalized spacial score (nSPS) is 11.3. The second-order valence-corrected chi connectivity index (χ2v) is 6.02. The van der Waals surface area contributed by atoms with Gasteiger partial charge in [-0.3, -0.25) is 9.20 Å². The first-order valence-corrected chi connectivity index (χ1v) is 8.36. The van der Waals surface area contributed by atoms with Crippen molar-refractivity contribution in [3.63, 3.8) is 0 Å². The maximum absolute atomic E-state index is 12.2. The zero-order valence-corrected chi connectivity index (χ0v) is 14.3. The van der Waals surface area contributed by atoms with Gasteiger partial charge in [0.15, 0.2) is 5.65 Å². The Kier molecular flexibility index (Phi) is 4.00. The Hall–Kier alpha value is -3.42. The van der Waals surface area contributed by atoms with Crippen molar-refractivity contribution in [2.45, 2.75) is 20.0 Å². The van der Waals surface area contributed by atoms with Gasteiger partial charge in [-0.25, -0.2) is 14.5 Å². The van der Waals surface area contributed by atoms with E-state index in [1.807, 2.05) is 31.2 Å². The summed E-state index contributed by atoms with van der Waals surface area (Å²) < 4.78 is 4.64. The van der Waals surface area contributed by atoms with Crippen LogP contribution in [0.3, 0.4) is 0 Å². The van der Waals surface area contributed by atoms with Gasteiger partial charge in [-0.15, -0.1) is 5.10 Å². The number of nitrogens with zero attached hydrogens (tertiary/aromatic N) is 5. The number of carbonyl (C=O) groups excluding carboxylic acids is 1. The van der Waals surface area contributed by atoms with Gasteiger partial charge < -0.3 is 9.88 Å². The number of nitrogens with one attached hydrogen (secondary N) is 1. The van der Waals surface area contributed by atoms with Crippen molar-refractivity contribution in [1.82, 2.24) is 29.0 Å². The van der Waals surface area contributed by atoms with Crippen molar-refractivity contribution >= 4 is 22.6 Å². The van der Waals surface area contributed by atoms with E-state index in [0.29, 0.717) is 18.7 Å². The Morgan fingerprint density at radius 2 is 1.96 bits per heavy atom. The number of amides is 1. The molecule has 0 aliphatic rings. The molecule has 0 atom stereocenters. The van der Waals surface area contributed by atoms with E-state index in [0.717, 1.165) is 16.9 Å². The monoisotopic (exact) mass is 350 g/mol. The Labute approximate surface area is 148 Å². The molecule has 0 aliphatic heterocycles. The van der Waals surface area contributed by atoms with Crippen LogP contribution in [0.5, 0.6) is 0 Å². The van der Waals surface area contributed by atoms with Crippen LogP contribution in [-0.2, 0) is 17.9 Å². The number of hydrogen-bond donors (Lipinski definition) is 1. The van der Waals surface area contributed by atoms with E-state index in [4.69, 9.17) is 0 Å². The number of fused-ring (bicyclic) bond motifs is 2. The van der Waals surface area contributed by atoms with Crippen molar-refractivity contribution in [3.8, 4) is 0 Å². The lowest BCUT2D eigenvalue weighted by Gasteiger charge is -2.08. The molecule has 0 bridgehead atoms. The molecule has 0 unspecified atom stereocenters. The summed E-state index contributed by atoms with van der Waals surface area (Å²) in [7, 11) is 0. The van der Waals surface area contributed by atoms with Crippen molar-refractivity contribution < 1.29 is 4.79 Å². The molecule has 8 heteroatoms. The van der Waals surface area contributed by atoms with Gasteiger partial charge >= 0.3 is 5.69 Å². The predicted octanol–water partition coefficient (Wildman–Crippen LogP) is 0.971. The van der Waals surface area contributed by atoms with Crippen LogP contribution in [0.4, 0.5) is 0 Å². The molecule has 1 amide bonds. The molecule has 0 aliphatic carbocycles. The summed E-state index contributed by atoms with van der Waals surface area (Å²) in [4.78, 5) is 28.9. The standard InChI is InChI=1S/C18H18N6O2/c1-13-20-14-6-2-3-7-15(14)22(13)11-9-19-17(25)12-24-18(26)23-10-5-4-8-16(23)21-24/h2-8,10H,9,11-12H2,1H3,(H,19,25). The summed E-state index contributed by atoms with van der Waals surface area (Å²) in [6, 6.07) is 13.2. The number of imidazole rings is 1. The first-order valence-electron chi connectivity index (χ1n) is 8.36. The molecule has 4 aromatic rings. The second kappa shape index (κ2) is 6.47. The van der Waals surface area contributed by atoms with E-state index in [1.54, 1.807) is 24.4 Å². The highest BCUT2D eigenvalue weighted by atomic mass is 16.2. The summed E-state index contributed by atoms with van der Waals surface area (Å²) in [6.07, 6.45) is 1.63. The van der Waals surface area contributed by atoms with E-state index in [1.165, 1.54) is 9.08 Å². The summed E-state index contributed by atoms with van der Waals surface area (Å²) in [5, 5.41) is 6.99. The minimum atomic E-state index is -0.327. The number of hydrogen-bond acceptors (Lipinski definition) is 4. The third-order valence-electron chi connectivity index (χ3n) is 4.28. The lowest BCUT2D eigenvalue weighted by molar-refractivity contribution is -0.121. The Bertz CT molecular complexity index is 1150. The summed E-state index contributed by atoms with van der Waals surface area (Å²) >= 11 is 0. The molecule has 26 heavy (non-hydrogen) atoms. The van der Waals surface area contributed by atoms with Crippen LogP contribution < -0.4 is 11.0 Å². The Morgan fingerprint density at radius 3 is 2.81 bits per heavy atom. The minimum Gasteiger partial charge on any atom is -0.353 e. The SMILES string of the molecule is Cc1nc2ccccc2n1CCNC(=O)Cn1nc2ccccn2c1=O. The highest BCUT2D eigenvalue weighted by Crippen LogP contribution is 2.14. The zero-order valence-electron chi connectivity index (χ0n) is 14.3. The molecule has 0 saturated carbocycles. The number of para-hydroxylation sites is 2. The first-order chi connectivity index (χ1) is 12.6. The zero-order chi connectivity index (χ0) is 18.1. The van der Waals surface area contributed by atoms with E-state index in [9.17, 15) is 9.59 Å². The molecular formula is C18H18N6O2. The number of aryl methyl sites for hydroxylation is 1. The van der Waals surface area contributed by atoms with Crippen molar-refractivity contribution in [1.29, 1.82) is 0 Å². The average Bonchev–Trinajstić information content (AvgIpc) is 3.12. The third-order valence-corrected chi connectivity index (χ3v) is 4.28. The van der Waals surface area contributed by atoms with Crippen LogP contribution in [0, 0.1) is 6.92 Å². The van der Waals surface area contributed by atoms with Crippen LogP contribution in [-0.4, -0.2) is 36.2 Å². The smallest absolute Gasteiger partial charge is 0.350 e. The highest BCUT2D eigenvalue weighted by Gasteiger charge is 2.11. The fourth-order valence-corrected chi connectivity index (χ4v) is 3.05. The molecule has 0 saturated heterocycles. The molecule has 0 spiro atoms. The van der Waals surface area contributed by atoms with Crippen LogP contribution in [0.25, 0.3) is 16.7 Å². The van der Waals surface area contributed by atoms with E-state index < -0.39 is 0 Å². The number of benzene rings is 1. The van der Waals surface area contributed by atoms with Gasteiger partial charge in [0.1, 0.15) is 12.4 Å². The Morgan fingerprint density at radius 1 is 1.15 bits per heavy atom. The van der Waals surface area contributed by atoms with E-state index >= 15 is 0 Å². The van der Waals surface area contributed by atoms with E-state index in [2.05, 4.69) is 20.0 Å². The fourth-order valence-electron chi connectivity index (χ4n) is 3.05. The van der Waals surface area contributed by atoms with Gasteiger partial charge in [-0.05, 0) is 31.2 Å². The number of pyridine rings is 1. The second-order valence-electron chi connectivity index (χ2n) is 6.02. The molecule has 132 valence electrons. The lowest BCUT2D eigenvalue weighted by atomic mass is 10.3. The average molecular weight is 350 g/mol. The molecule has 4 rings (SSSR count). The van der Waals surface area contributed by atoms with Gasteiger partial charge in [0.05, 0.1) is 11.0 Å². The quantitative estimate of drug-likeness (QED) is 0.581. The summed E-state index contributed by atoms with van der Waals surface area (Å²) in [5.74, 6) is 0.648. The van der Waals surface area contributed by atoms with Gasteiger partial charge in [0.2, 0.25) is 5.91 Å². The highest BCUT2D eigenvalue weighted by molar-refractivity contribution is 5.76. The van der Waals surface area contributed by atoms with E-state index in [-0.39, 0.29) is 18.1 Å². The van der Waals surface area contributed by atoms with Crippen LogP contribution >= 0.6 is 0 Å². The van der Waals surface area contributed by atoms with Crippen molar-refractivity contribution in [2.75, 3.05) is 6.54 Å². The van der Waals surface area contributed by atoms with Crippen molar-refractivity contribution in [2.24, 2.45) is 0 Å². The summed E-state index contributed by atoms with van der Waals surface area (Å²) in [6.45, 7) is 2.89.